The van der Waals surface area contributed by atoms with Crippen molar-refractivity contribution in [1.29, 1.82) is 0 Å². The van der Waals surface area contributed by atoms with Crippen LogP contribution in [0.15, 0.2) is 12.1 Å². The van der Waals surface area contributed by atoms with Gasteiger partial charge in [-0.2, -0.15) is 0 Å². The van der Waals surface area contributed by atoms with Gasteiger partial charge in [0.15, 0.2) is 23.5 Å². The normalized spacial score (nSPS) is 19.2. The Hall–Kier alpha value is -1.98. The van der Waals surface area contributed by atoms with Crippen LogP contribution in [0.1, 0.15) is 16.8 Å². The SMILES string of the molecule is CN1CCC(Oc2c(F)cc(C=O)cc2F)C1=O. The van der Waals surface area contributed by atoms with E-state index in [0.717, 1.165) is 12.1 Å². The molecule has 1 atom stereocenters. The van der Waals surface area contributed by atoms with Crippen molar-refractivity contribution in [3.63, 3.8) is 0 Å². The number of rotatable bonds is 3. The second-order valence-corrected chi connectivity index (χ2v) is 4.09. The highest BCUT2D eigenvalue weighted by Gasteiger charge is 2.32. The highest BCUT2D eigenvalue weighted by Crippen LogP contribution is 2.26. The van der Waals surface area contributed by atoms with Crippen molar-refractivity contribution in [3.8, 4) is 5.75 Å². The molecule has 0 bridgehead atoms. The molecule has 0 saturated carbocycles. The van der Waals surface area contributed by atoms with E-state index in [9.17, 15) is 18.4 Å². The molecule has 0 aromatic heterocycles. The van der Waals surface area contributed by atoms with Crippen molar-refractivity contribution < 1.29 is 23.1 Å². The van der Waals surface area contributed by atoms with Crippen LogP contribution in [0.25, 0.3) is 0 Å². The number of carbonyl (C=O) groups excluding carboxylic acids is 2. The predicted molar refractivity (Wildman–Crippen MR) is 58.4 cm³/mol. The van der Waals surface area contributed by atoms with Crippen LogP contribution in [0.3, 0.4) is 0 Å². The monoisotopic (exact) mass is 255 g/mol. The van der Waals surface area contributed by atoms with E-state index >= 15 is 0 Å². The van der Waals surface area contributed by atoms with Crippen molar-refractivity contribution in [2.45, 2.75) is 12.5 Å². The van der Waals surface area contributed by atoms with Gasteiger partial charge < -0.3 is 9.64 Å². The van der Waals surface area contributed by atoms with E-state index < -0.39 is 23.5 Å². The predicted octanol–water partition coefficient (Wildman–Crippen LogP) is 1.39. The molecular weight excluding hydrogens is 244 g/mol. The fraction of sp³-hybridized carbons (Fsp3) is 0.333. The molecule has 0 radical (unpaired) electrons. The van der Waals surface area contributed by atoms with E-state index in [1.165, 1.54) is 4.90 Å². The molecule has 2 rings (SSSR count). The summed E-state index contributed by atoms with van der Waals surface area (Å²) in [5, 5.41) is 0. The molecule has 1 aliphatic heterocycles. The molecule has 4 nitrogen and oxygen atoms in total. The second-order valence-electron chi connectivity index (χ2n) is 4.09. The number of hydrogen-bond acceptors (Lipinski definition) is 3. The van der Waals surface area contributed by atoms with Crippen molar-refractivity contribution >= 4 is 12.2 Å². The van der Waals surface area contributed by atoms with Crippen molar-refractivity contribution in [1.82, 2.24) is 4.90 Å². The summed E-state index contributed by atoms with van der Waals surface area (Å²) in [6.07, 6.45) is -0.158. The summed E-state index contributed by atoms with van der Waals surface area (Å²) in [6, 6.07) is 1.74. The van der Waals surface area contributed by atoms with Crippen LogP contribution >= 0.6 is 0 Å². The summed E-state index contributed by atoms with van der Waals surface area (Å²) in [7, 11) is 1.59. The number of likely N-dealkylation sites (N-methyl/N-ethyl adjacent to an activating group) is 1. The number of amides is 1. The third kappa shape index (κ3) is 2.18. The zero-order valence-corrected chi connectivity index (χ0v) is 9.65. The van der Waals surface area contributed by atoms with Gasteiger partial charge in [-0.1, -0.05) is 0 Å². The number of halogens is 2. The molecule has 1 fully saturated rings. The van der Waals surface area contributed by atoms with Gasteiger partial charge in [0.25, 0.3) is 5.91 Å². The Balaban J connectivity index is 2.24. The van der Waals surface area contributed by atoms with Gasteiger partial charge in [0.05, 0.1) is 0 Å². The average molecular weight is 255 g/mol. The van der Waals surface area contributed by atoms with Crippen LogP contribution in [0.4, 0.5) is 8.78 Å². The van der Waals surface area contributed by atoms with Gasteiger partial charge in [-0.05, 0) is 12.1 Å². The Bertz CT molecular complexity index is 481. The summed E-state index contributed by atoms with van der Waals surface area (Å²) in [5.41, 5.74) is -0.118. The van der Waals surface area contributed by atoms with Gasteiger partial charge in [0.1, 0.15) is 6.29 Å². The molecule has 0 spiro atoms. The standard InChI is InChI=1S/C12H11F2NO3/c1-15-3-2-10(12(15)17)18-11-8(13)4-7(6-16)5-9(11)14/h4-6,10H,2-3H2,1H3. The maximum atomic E-state index is 13.5. The molecule has 1 amide bonds. The van der Waals surface area contributed by atoms with Crippen LogP contribution in [0, 0.1) is 11.6 Å². The van der Waals surface area contributed by atoms with Gasteiger partial charge >= 0.3 is 0 Å². The van der Waals surface area contributed by atoms with Crippen LogP contribution in [0.5, 0.6) is 5.75 Å². The third-order valence-electron chi connectivity index (χ3n) is 2.80. The largest absolute Gasteiger partial charge is 0.474 e. The first kappa shape index (κ1) is 12.5. The van der Waals surface area contributed by atoms with Gasteiger partial charge in [0.2, 0.25) is 0 Å². The lowest BCUT2D eigenvalue weighted by atomic mass is 10.2. The topological polar surface area (TPSA) is 46.6 Å². The molecule has 18 heavy (non-hydrogen) atoms. The Kier molecular flexibility index (Phi) is 3.27. The van der Waals surface area contributed by atoms with Crippen LogP contribution in [0.2, 0.25) is 0 Å². The molecular formula is C12H11F2NO3. The van der Waals surface area contributed by atoms with E-state index in [0.29, 0.717) is 19.3 Å². The van der Waals surface area contributed by atoms with E-state index in [2.05, 4.69) is 0 Å². The number of aldehydes is 1. The molecule has 1 aromatic rings. The van der Waals surface area contributed by atoms with E-state index in [4.69, 9.17) is 4.74 Å². The van der Waals surface area contributed by atoms with E-state index in [-0.39, 0.29) is 11.5 Å². The van der Waals surface area contributed by atoms with Gasteiger partial charge in [-0.15, -0.1) is 0 Å². The lowest BCUT2D eigenvalue weighted by Crippen LogP contribution is -2.29. The number of hydrogen-bond donors (Lipinski definition) is 0. The maximum absolute atomic E-state index is 13.5. The minimum absolute atomic E-state index is 0.118. The highest BCUT2D eigenvalue weighted by molar-refractivity contribution is 5.83. The number of nitrogens with zero attached hydrogens (tertiary/aromatic N) is 1. The quantitative estimate of drug-likeness (QED) is 0.767. The smallest absolute Gasteiger partial charge is 0.263 e. The maximum Gasteiger partial charge on any atom is 0.263 e. The van der Waals surface area contributed by atoms with E-state index in [1.54, 1.807) is 7.05 Å². The fourth-order valence-corrected chi connectivity index (χ4v) is 1.80. The Morgan fingerprint density at radius 2 is 2.00 bits per heavy atom. The zero-order valence-electron chi connectivity index (χ0n) is 9.65. The van der Waals surface area contributed by atoms with Crippen molar-refractivity contribution in [3.05, 3.63) is 29.3 Å². The minimum Gasteiger partial charge on any atom is -0.474 e. The van der Waals surface area contributed by atoms with Crippen LogP contribution in [-0.4, -0.2) is 36.8 Å². The molecule has 1 unspecified atom stereocenters. The first-order valence-electron chi connectivity index (χ1n) is 5.38. The molecule has 96 valence electrons. The molecule has 0 N–H and O–H groups in total. The van der Waals surface area contributed by atoms with Gasteiger partial charge in [-0.3, -0.25) is 9.59 Å². The first-order chi connectivity index (χ1) is 8.52. The number of likely N-dealkylation sites (tertiary alicyclic amines) is 1. The lowest BCUT2D eigenvalue weighted by molar-refractivity contribution is -0.132. The van der Waals surface area contributed by atoms with Crippen LogP contribution in [-0.2, 0) is 4.79 Å². The zero-order chi connectivity index (χ0) is 13.3. The van der Waals surface area contributed by atoms with E-state index in [1.807, 2.05) is 0 Å². The summed E-state index contributed by atoms with van der Waals surface area (Å²) in [6.45, 7) is 0.485. The van der Waals surface area contributed by atoms with Gasteiger partial charge in [-0.25, -0.2) is 8.78 Å². The molecule has 0 aliphatic carbocycles. The van der Waals surface area contributed by atoms with Crippen molar-refractivity contribution in [2.24, 2.45) is 0 Å². The summed E-state index contributed by atoms with van der Waals surface area (Å²) < 4.78 is 32.1. The average Bonchev–Trinajstić information content (AvgIpc) is 2.65. The van der Waals surface area contributed by atoms with Gasteiger partial charge in [0, 0.05) is 25.6 Å². The molecule has 6 heteroatoms. The Morgan fingerprint density at radius 3 is 2.44 bits per heavy atom. The Morgan fingerprint density at radius 1 is 1.39 bits per heavy atom. The Labute approximate surface area is 102 Å². The highest BCUT2D eigenvalue weighted by atomic mass is 19.1. The minimum atomic E-state index is -0.987. The molecule has 1 aliphatic rings. The van der Waals surface area contributed by atoms with Crippen molar-refractivity contribution in [2.75, 3.05) is 13.6 Å². The third-order valence-corrected chi connectivity index (χ3v) is 2.80. The summed E-state index contributed by atoms with van der Waals surface area (Å²) in [4.78, 5) is 23.4. The fourth-order valence-electron chi connectivity index (χ4n) is 1.80. The molecule has 1 heterocycles. The number of carbonyl (C=O) groups is 2. The number of ether oxygens (including phenoxy) is 1. The van der Waals surface area contributed by atoms with Crippen LogP contribution < -0.4 is 4.74 Å². The second kappa shape index (κ2) is 4.72. The molecule has 1 saturated heterocycles. The summed E-state index contributed by atoms with van der Waals surface area (Å²) in [5.74, 6) is -2.90. The molecule has 1 aromatic carbocycles. The number of benzene rings is 1. The lowest BCUT2D eigenvalue weighted by Gasteiger charge is -2.14. The first-order valence-corrected chi connectivity index (χ1v) is 5.38. The summed E-state index contributed by atoms with van der Waals surface area (Å²) >= 11 is 0.